The summed E-state index contributed by atoms with van der Waals surface area (Å²) in [6.45, 7) is 4.14. The van der Waals surface area contributed by atoms with Crippen LogP contribution in [-0.2, 0) is 4.79 Å². The molecule has 0 saturated heterocycles. The molecule has 0 aliphatic rings. The summed E-state index contributed by atoms with van der Waals surface area (Å²) in [6, 6.07) is 5.67. The second kappa shape index (κ2) is 6.94. The molecule has 3 heteroatoms. The standard InChI is InChI=1S/C14H22N2O/c1-3-4-5-6-7-14(17)16-13-9-8-11(2)10-12(13)15/h8-10H,3-7,15H2,1-2H3,(H,16,17). The molecule has 0 spiro atoms. The Kier molecular flexibility index (Phi) is 5.53. The molecule has 0 bridgehead atoms. The van der Waals surface area contributed by atoms with Crippen LogP contribution in [0.1, 0.15) is 44.6 Å². The van der Waals surface area contributed by atoms with Crippen molar-refractivity contribution in [2.24, 2.45) is 0 Å². The van der Waals surface area contributed by atoms with Crippen LogP contribution < -0.4 is 11.1 Å². The van der Waals surface area contributed by atoms with Crippen LogP contribution >= 0.6 is 0 Å². The third-order valence-corrected chi connectivity index (χ3v) is 2.74. The van der Waals surface area contributed by atoms with Crippen molar-refractivity contribution >= 4 is 17.3 Å². The summed E-state index contributed by atoms with van der Waals surface area (Å²) in [5, 5.41) is 2.85. The van der Waals surface area contributed by atoms with Gasteiger partial charge in [-0.2, -0.15) is 0 Å². The third kappa shape index (κ3) is 4.89. The van der Waals surface area contributed by atoms with Crippen molar-refractivity contribution in [1.82, 2.24) is 0 Å². The molecule has 0 aromatic heterocycles. The summed E-state index contributed by atoms with van der Waals surface area (Å²) in [7, 11) is 0. The summed E-state index contributed by atoms with van der Waals surface area (Å²) in [5.41, 5.74) is 8.28. The molecule has 3 N–H and O–H groups in total. The minimum atomic E-state index is 0.0525. The molecular weight excluding hydrogens is 212 g/mol. The normalized spacial score (nSPS) is 10.2. The highest BCUT2D eigenvalue weighted by Crippen LogP contribution is 2.19. The fraction of sp³-hybridized carbons (Fsp3) is 0.500. The number of nitrogen functional groups attached to an aromatic ring is 1. The number of hydrogen-bond acceptors (Lipinski definition) is 2. The van der Waals surface area contributed by atoms with E-state index in [1.165, 1.54) is 12.8 Å². The molecule has 3 nitrogen and oxygen atoms in total. The van der Waals surface area contributed by atoms with Gasteiger partial charge in [-0.05, 0) is 31.0 Å². The summed E-state index contributed by atoms with van der Waals surface area (Å²) in [4.78, 5) is 11.6. The Morgan fingerprint density at radius 3 is 2.71 bits per heavy atom. The molecule has 1 aromatic rings. The molecule has 0 heterocycles. The fourth-order valence-corrected chi connectivity index (χ4v) is 1.72. The van der Waals surface area contributed by atoms with Gasteiger partial charge in [-0.3, -0.25) is 4.79 Å². The molecule has 0 fully saturated rings. The highest BCUT2D eigenvalue weighted by Gasteiger charge is 2.04. The maximum absolute atomic E-state index is 11.6. The zero-order valence-corrected chi connectivity index (χ0v) is 10.8. The van der Waals surface area contributed by atoms with Crippen LogP contribution in [0.15, 0.2) is 18.2 Å². The maximum Gasteiger partial charge on any atom is 0.224 e. The molecule has 0 radical (unpaired) electrons. The average molecular weight is 234 g/mol. The van der Waals surface area contributed by atoms with Gasteiger partial charge in [0.2, 0.25) is 5.91 Å². The predicted molar refractivity (Wildman–Crippen MR) is 73.0 cm³/mol. The largest absolute Gasteiger partial charge is 0.397 e. The minimum absolute atomic E-state index is 0.0525. The van der Waals surface area contributed by atoms with E-state index in [4.69, 9.17) is 5.73 Å². The van der Waals surface area contributed by atoms with E-state index in [0.717, 1.165) is 24.1 Å². The number of nitrogens with one attached hydrogen (secondary N) is 1. The topological polar surface area (TPSA) is 55.1 Å². The van der Waals surface area contributed by atoms with Gasteiger partial charge in [0, 0.05) is 6.42 Å². The number of carbonyl (C=O) groups excluding carboxylic acids is 1. The smallest absolute Gasteiger partial charge is 0.224 e. The zero-order valence-electron chi connectivity index (χ0n) is 10.8. The van der Waals surface area contributed by atoms with Crippen molar-refractivity contribution in [3.05, 3.63) is 23.8 Å². The number of carbonyl (C=O) groups is 1. The molecule has 0 atom stereocenters. The molecule has 94 valence electrons. The van der Waals surface area contributed by atoms with Gasteiger partial charge in [0.25, 0.3) is 0 Å². The van der Waals surface area contributed by atoms with Crippen molar-refractivity contribution in [2.45, 2.75) is 46.0 Å². The van der Waals surface area contributed by atoms with Crippen LogP contribution in [0.25, 0.3) is 0 Å². The number of amides is 1. The monoisotopic (exact) mass is 234 g/mol. The number of hydrogen-bond donors (Lipinski definition) is 2. The molecule has 1 rings (SSSR count). The number of nitrogens with two attached hydrogens (primary N) is 1. The second-order valence-electron chi connectivity index (χ2n) is 4.45. The summed E-state index contributed by atoms with van der Waals surface area (Å²) in [5.74, 6) is 0.0525. The molecule has 1 aromatic carbocycles. The average Bonchev–Trinajstić information content (AvgIpc) is 2.28. The van der Waals surface area contributed by atoms with Crippen molar-refractivity contribution in [3.8, 4) is 0 Å². The lowest BCUT2D eigenvalue weighted by Crippen LogP contribution is -2.12. The van der Waals surface area contributed by atoms with Gasteiger partial charge in [0.05, 0.1) is 11.4 Å². The minimum Gasteiger partial charge on any atom is -0.397 e. The van der Waals surface area contributed by atoms with Crippen LogP contribution in [0, 0.1) is 6.92 Å². The van der Waals surface area contributed by atoms with Gasteiger partial charge < -0.3 is 11.1 Å². The van der Waals surface area contributed by atoms with Gasteiger partial charge in [-0.25, -0.2) is 0 Å². The highest BCUT2D eigenvalue weighted by molar-refractivity contribution is 5.93. The van der Waals surface area contributed by atoms with Gasteiger partial charge >= 0.3 is 0 Å². The van der Waals surface area contributed by atoms with Gasteiger partial charge in [0.15, 0.2) is 0 Å². The van der Waals surface area contributed by atoms with E-state index in [1.54, 1.807) is 0 Å². The van der Waals surface area contributed by atoms with E-state index < -0.39 is 0 Å². The summed E-state index contributed by atoms with van der Waals surface area (Å²) < 4.78 is 0. The van der Waals surface area contributed by atoms with E-state index in [-0.39, 0.29) is 5.91 Å². The Hall–Kier alpha value is -1.51. The Labute approximate surface area is 103 Å². The maximum atomic E-state index is 11.6. The highest BCUT2D eigenvalue weighted by atomic mass is 16.1. The molecule has 1 amide bonds. The Balaban J connectivity index is 2.40. The first-order valence-electron chi connectivity index (χ1n) is 6.29. The van der Waals surface area contributed by atoms with E-state index in [0.29, 0.717) is 12.1 Å². The quantitative estimate of drug-likeness (QED) is 0.584. The SMILES string of the molecule is CCCCCCC(=O)Nc1ccc(C)cc1N. The lowest BCUT2D eigenvalue weighted by molar-refractivity contribution is -0.116. The number of aryl methyl sites for hydroxylation is 1. The molecule has 17 heavy (non-hydrogen) atoms. The summed E-state index contributed by atoms with van der Waals surface area (Å²) in [6.07, 6.45) is 5.03. The van der Waals surface area contributed by atoms with Crippen LogP contribution in [0.5, 0.6) is 0 Å². The fourth-order valence-electron chi connectivity index (χ4n) is 1.72. The Bertz CT molecular complexity index is 374. The molecule has 0 aliphatic heterocycles. The van der Waals surface area contributed by atoms with E-state index in [1.807, 2.05) is 25.1 Å². The summed E-state index contributed by atoms with van der Waals surface area (Å²) >= 11 is 0. The van der Waals surface area contributed by atoms with Crippen LogP contribution in [0.4, 0.5) is 11.4 Å². The first-order chi connectivity index (χ1) is 8.13. The third-order valence-electron chi connectivity index (χ3n) is 2.74. The van der Waals surface area contributed by atoms with Crippen LogP contribution in [0.3, 0.4) is 0 Å². The first-order valence-corrected chi connectivity index (χ1v) is 6.29. The van der Waals surface area contributed by atoms with Gasteiger partial charge in [0.1, 0.15) is 0 Å². The van der Waals surface area contributed by atoms with Gasteiger partial charge in [-0.1, -0.05) is 32.3 Å². The van der Waals surface area contributed by atoms with Crippen molar-refractivity contribution in [3.63, 3.8) is 0 Å². The number of unbranched alkanes of at least 4 members (excludes halogenated alkanes) is 3. The molecular formula is C14H22N2O. The lowest BCUT2D eigenvalue weighted by atomic mass is 10.1. The predicted octanol–water partition coefficient (Wildman–Crippen LogP) is 3.49. The Morgan fingerprint density at radius 1 is 1.29 bits per heavy atom. The van der Waals surface area contributed by atoms with Gasteiger partial charge in [-0.15, -0.1) is 0 Å². The van der Waals surface area contributed by atoms with E-state index in [2.05, 4.69) is 12.2 Å². The number of benzene rings is 1. The van der Waals surface area contributed by atoms with E-state index in [9.17, 15) is 4.79 Å². The van der Waals surface area contributed by atoms with Crippen molar-refractivity contribution in [1.29, 1.82) is 0 Å². The van der Waals surface area contributed by atoms with Crippen molar-refractivity contribution < 1.29 is 4.79 Å². The van der Waals surface area contributed by atoms with Crippen LogP contribution in [0.2, 0.25) is 0 Å². The Morgan fingerprint density at radius 2 is 2.06 bits per heavy atom. The second-order valence-corrected chi connectivity index (χ2v) is 4.45. The van der Waals surface area contributed by atoms with Crippen LogP contribution in [-0.4, -0.2) is 5.91 Å². The molecule has 0 aliphatic carbocycles. The van der Waals surface area contributed by atoms with Crippen molar-refractivity contribution in [2.75, 3.05) is 11.1 Å². The molecule has 0 unspecified atom stereocenters. The number of anilines is 2. The molecule has 0 saturated carbocycles. The van der Waals surface area contributed by atoms with E-state index >= 15 is 0 Å². The first kappa shape index (κ1) is 13.6. The zero-order chi connectivity index (χ0) is 12.7. The lowest BCUT2D eigenvalue weighted by Gasteiger charge is -2.08. The number of rotatable bonds is 6.